The average Bonchev–Trinajstić information content (AvgIpc) is 2.66. The lowest BCUT2D eigenvalue weighted by atomic mass is 9.78. The second-order valence-corrected chi connectivity index (χ2v) is 4.56. The molecule has 4 rings (SSSR count). The summed E-state index contributed by atoms with van der Waals surface area (Å²) in [6.07, 6.45) is 4.77. The molecule has 0 N–H and O–H groups in total. The van der Waals surface area contributed by atoms with Gasteiger partial charge in [0, 0.05) is 25.7 Å². The first-order valence-electron chi connectivity index (χ1n) is 5.41. The van der Waals surface area contributed by atoms with Crippen molar-refractivity contribution in [2.75, 3.05) is 19.6 Å². The molecule has 76 valence electrons. The predicted octanol–water partition coefficient (Wildman–Crippen LogP) is 0.624. The highest BCUT2D eigenvalue weighted by atomic mass is 15.4. The van der Waals surface area contributed by atoms with Crippen molar-refractivity contribution >= 4 is 0 Å². The molecular weight excluding hydrogens is 176 g/mol. The molecule has 4 nitrogen and oxygen atoms in total. The second kappa shape index (κ2) is 3.05. The van der Waals surface area contributed by atoms with E-state index >= 15 is 0 Å². The first-order valence-corrected chi connectivity index (χ1v) is 5.41. The van der Waals surface area contributed by atoms with Gasteiger partial charge in [0.2, 0.25) is 0 Å². The van der Waals surface area contributed by atoms with Gasteiger partial charge in [0.1, 0.15) is 0 Å². The van der Waals surface area contributed by atoms with E-state index in [0.717, 1.165) is 5.92 Å². The Morgan fingerprint density at radius 1 is 1.36 bits per heavy atom. The molecule has 0 radical (unpaired) electrons. The van der Waals surface area contributed by atoms with Crippen molar-refractivity contribution in [1.82, 2.24) is 19.9 Å². The number of aromatic nitrogens is 3. The molecule has 1 aromatic rings. The van der Waals surface area contributed by atoms with Crippen molar-refractivity contribution in [3.63, 3.8) is 0 Å². The van der Waals surface area contributed by atoms with Crippen LogP contribution in [0.5, 0.6) is 0 Å². The highest BCUT2D eigenvalue weighted by Crippen LogP contribution is 2.37. The Morgan fingerprint density at radius 2 is 2.14 bits per heavy atom. The number of hydrogen-bond donors (Lipinski definition) is 0. The van der Waals surface area contributed by atoms with Crippen LogP contribution in [-0.4, -0.2) is 39.5 Å². The molecule has 0 aromatic carbocycles. The molecule has 14 heavy (non-hydrogen) atoms. The van der Waals surface area contributed by atoms with E-state index in [9.17, 15) is 0 Å². The summed E-state index contributed by atoms with van der Waals surface area (Å²) in [4.78, 5) is 2.55. The summed E-state index contributed by atoms with van der Waals surface area (Å²) < 4.78 is 1.81. The van der Waals surface area contributed by atoms with Crippen molar-refractivity contribution in [3.8, 4) is 0 Å². The van der Waals surface area contributed by atoms with E-state index in [-0.39, 0.29) is 0 Å². The highest BCUT2D eigenvalue weighted by molar-refractivity contribution is 5.09. The van der Waals surface area contributed by atoms with Crippen molar-refractivity contribution in [1.29, 1.82) is 0 Å². The standard InChI is InChI=1S/C10H16N4/c1-13-7-10(11-12-13)9-6-14-4-2-8(9)3-5-14/h7-9H,2-6H2,1H3. The van der Waals surface area contributed by atoms with E-state index in [1.165, 1.54) is 38.2 Å². The van der Waals surface area contributed by atoms with Gasteiger partial charge in [0.15, 0.2) is 0 Å². The number of nitrogens with zero attached hydrogens (tertiary/aromatic N) is 4. The van der Waals surface area contributed by atoms with Crippen LogP contribution < -0.4 is 0 Å². The Balaban J connectivity index is 1.85. The third-order valence-electron chi connectivity index (χ3n) is 3.66. The van der Waals surface area contributed by atoms with Crippen LogP contribution in [0.4, 0.5) is 0 Å². The zero-order valence-corrected chi connectivity index (χ0v) is 8.56. The molecule has 4 heterocycles. The molecule has 2 bridgehead atoms. The maximum atomic E-state index is 4.24. The van der Waals surface area contributed by atoms with Crippen molar-refractivity contribution in [3.05, 3.63) is 11.9 Å². The van der Waals surface area contributed by atoms with Gasteiger partial charge in [-0.1, -0.05) is 5.21 Å². The van der Waals surface area contributed by atoms with Crippen LogP contribution in [0.15, 0.2) is 6.20 Å². The molecule has 0 amide bonds. The average molecular weight is 192 g/mol. The van der Waals surface area contributed by atoms with Gasteiger partial charge in [0.25, 0.3) is 0 Å². The van der Waals surface area contributed by atoms with Crippen molar-refractivity contribution < 1.29 is 0 Å². The number of aryl methyl sites for hydroxylation is 1. The fraction of sp³-hybridized carbons (Fsp3) is 0.800. The minimum absolute atomic E-state index is 0.645. The molecule has 1 unspecified atom stereocenters. The van der Waals surface area contributed by atoms with E-state index < -0.39 is 0 Å². The first kappa shape index (κ1) is 8.41. The van der Waals surface area contributed by atoms with Gasteiger partial charge in [-0.05, 0) is 31.8 Å². The van der Waals surface area contributed by atoms with Gasteiger partial charge in [-0.25, -0.2) is 0 Å². The zero-order chi connectivity index (χ0) is 9.54. The van der Waals surface area contributed by atoms with Gasteiger partial charge >= 0.3 is 0 Å². The van der Waals surface area contributed by atoms with Crippen LogP contribution in [0, 0.1) is 5.92 Å². The van der Waals surface area contributed by atoms with Gasteiger partial charge in [-0.2, -0.15) is 0 Å². The third-order valence-corrected chi connectivity index (χ3v) is 3.66. The van der Waals surface area contributed by atoms with Gasteiger partial charge in [-0.3, -0.25) is 4.68 Å². The van der Waals surface area contributed by atoms with Crippen LogP contribution in [0.3, 0.4) is 0 Å². The van der Waals surface area contributed by atoms with Gasteiger partial charge < -0.3 is 4.90 Å². The largest absolute Gasteiger partial charge is 0.303 e. The molecule has 4 heteroatoms. The molecule has 3 aliphatic heterocycles. The summed E-state index contributed by atoms with van der Waals surface area (Å²) in [6, 6.07) is 0. The topological polar surface area (TPSA) is 34.0 Å². The molecule has 3 saturated heterocycles. The molecule has 0 saturated carbocycles. The number of piperidine rings is 3. The minimum Gasteiger partial charge on any atom is -0.303 e. The monoisotopic (exact) mass is 192 g/mol. The second-order valence-electron chi connectivity index (χ2n) is 4.56. The lowest BCUT2D eigenvalue weighted by Crippen LogP contribution is -2.46. The van der Waals surface area contributed by atoms with Gasteiger partial charge in [-0.15, -0.1) is 5.10 Å². The molecule has 0 spiro atoms. The fourth-order valence-corrected chi connectivity index (χ4v) is 2.84. The summed E-state index contributed by atoms with van der Waals surface area (Å²) in [5.74, 6) is 1.50. The van der Waals surface area contributed by atoms with E-state index in [2.05, 4.69) is 21.4 Å². The summed E-state index contributed by atoms with van der Waals surface area (Å²) in [5, 5.41) is 8.27. The third kappa shape index (κ3) is 1.25. The van der Waals surface area contributed by atoms with E-state index in [1.807, 2.05) is 11.7 Å². The molecule has 1 atom stereocenters. The van der Waals surface area contributed by atoms with E-state index in [0.29, 0.717) is 5.92 Å². The molecule has 0 aliphatic carbocycles. The Kier molecular flexibility index (Phi) is 1.83. The summed E-state index contributed by atoms with van der Waals surface area (Å²) in [6.45, 7) is 3.78. The highest BCUT2D eigenvalue weighted by Gasteiger charge is 2.36. The van der Waals surface area contributed by atoms with Crippen LogP contribution in [0.25, 0.3) is 0 Å². The predicted molar refractivity (Wildman–Crippen MR) is 52.9 cm³/mol. The van der Waals surface area contributed by atoms with Crippen molar-refractivity contribution in [2.45, 2.75) is 18.8 Å². The fourth-order valence-electron chi connectivity index (χ4n) is 2.84. The summed E-state index contributed by atoms with van der Waals surface area (Å²) in [5.41, 5.74) is 1.20. The Labute approximate surface area is 83.9 Å². The lowest BCUT2D eigenvalue weighted by molar-refractivity contribution is 0.0854. The summed E-state index contributed by atoms with van der Waals surface area (Å²) >= 11 is 0. The Hall–Kier alpha value is -0.900. The maximum Gasteiger partial charge on any atom is 0.0873 e. The minimum atomic E-state index is 0.645. The first-order chi connectivity index (χ1) is 6.83. The van der Waals surface area contributed by atoms with Crippen LogP contribution in [-0.2, 0) is 7.05 Å². The zero-order valence-electron chi connectivity index (χ0n) is 8.56. The van der Waals surface area contributed by atoms with Crippen LogP contribution >= 0.6 is 0 Å². The molecular formula is C10H16N4. The van der Waals surface area contributed by atoms with Crippen LogP contribution in [0.1, 0.15) is 24.5 Å². The molecule has 1 aromatic heterocycles. The SMILES string of the molecule is Cn1cc(C2CN3CCC2CC3)nn1. The number of rotatable bonds is 1. The van der Waals surface area contributed by atoms with Crippen molar-refractivity contribution in [2.24, 2.45) is 13.0 Å². The van der Waals surface area contributed by atoms with Gasteiger partial charge in [0.05, 0.1) is 5.69 Å². The number of hydrogen-bond acceptors (Lipinski definition) is 3. The molecule has 3 aliphatic rings. The quantitative estimate of drug-likeness (QED) is 0.654. The maximum absolute atomic E-state index is 4.24. The Bertz CT molecular complexity index is 325. The summed E-state index contributed by atoms with van der Waals surface area (Å²) in [7, 11) is 1.94. The van der Waals surface area contributed by atoms with E-state index in [4.69, 9.17) is 0 Å². The Morgan fingerprint density at radius 3 is 2.64 bits per heavy atom. The van der Waals surface area contributed by atoms with Crippen LogP contribution in [0.2, 0.25) is 0 Å². The molecule has 3 fully saturated rings. The number of fused-ring (bicyclic) bond motifs is 3. The van der Waals surface area contributed by atoms with E-state index in [1.54, 1.807) is 0 Å². The smallest absolute Gasteiger partial charge is 0.0873 e. The lowest BCUT2D eigenvalue weighted by Gasteiger charge is -2.44. The normalized spacial score (nSPS) is 36.2.